The third-order valence-electron chi connectivity index (χ3n) is 3.26. The second-order valence-corrected chi connectivity index (χ2v) is 7.58. The topological polar surface area (TPSA) is 101 Å². The van der Waals surface area contributed by atoms with E-state index in [4.69, 9.17) is 9.47 Å². The average Bonchev–Trinajstić information content (AvgIpc) is 2.58. The summed E-state index contributed by atoms with van der Waals surface area (Å²) in [6.07, 6.45) is 1.67. The summed E-state index contributed by atoms with van der Waals surface area (Å²) in [5, 5.41) is 6.32. The Bertz CT molecular complexity index is 664. The molecule has 0 aliphatic heterocycles. The molecule has 0 aromatic heterocycles. The molecule has 0 radical (unpaired) electrons. The Morgan fingerprint density at radius 3 is 2.50 bits per heavy atom. The van der Waals surface area contributed by atoms with Crippen molar-refractivity contribution in [2.24, 2.45) is 4.99 Å². The zero-order chi connectivity index (χ0) is 19.4. The zero-order valence-electron chi connectivity index (χ0n) is 15.9. The maximum absolute atomic E-state index is 11.0. The van der Waals surface area contributed by atoms with Crippen LogP contribution < -0.4 is 24.8 Å². The van der Waals surface area contributed by atoms with Gasteiger partial charge >= 0.3 is 0 Å². The largest absolute Gasteiger partial charge is 0.493 e. The molecule has 0 bridgehead atoms. The lowest BCUT2D eigenvalue weighted by Crippen LogP contribution is -2.39. The fourth-order valence-corrected chi connectivity index (χ4v) is 2.60. The number of benzene rings is 1. The standard InChI is InChI=1S/C17H30N4O4S/c1-5-18-17(19-11-8-12-21-26(4,22)23)20-13-14(2)25-16-10-7-6-9-15(16)24-3/h6-7,9-10,14,21H,5,8,11-13H2,1-4H3,(H2,18,19,20). The fourth-order valence-electron chi connectivity index (χ4n) is 2.08. The molecular formula is C17H30N4O4S. The van der Waals surface area contributed by atoms with Gasteiger partial charge in [-0.3, -0.25) is 0 Å². The van der Waals surface area contributed by atoms with Crippen molar-refractivity contribution in [1.29, 1.82) is 0 Å². The SMILES string of the molecule is CCNC(=NCC(C)Oc1ccccc1OC)NCCCNS(C)(=O)=O. The number of nitrogens with zero attached hydrogens (tertiary/aromatic N) is 1. The van der Waals surface area contributed by atoms with Crippen LogP contribution in [-0.2, 0) is 10.0 Å². The van der Waals surface area contributed by atoms with Gasteiger partial charge in [-0.15, -0.1) is 0 Å². The summed E-state index contributed by atoms with van der Waals surface area (Å²) in [5.74, 6) is 2.04. The first kappa shape index (κ1) is 22.0. The van der Waals surface area contributed by atoms with E-state index in [0.717, 1.165) is 12.8 Å². The number of guanidine groups is 1. The van der Waals surface area contributed by atoms with Crippen LogP contribution in [0.5, 0.6) is 11.5 Å². The highest BCUT2D eigenvalue weighted by atomic mass is 32.2. The van der Waals surface area contributed by atoms with Gasteiger partial charge in [-0.2, -0.15) is 0 Å². The predicted molar refractivity (Wildman–Crippen MR) is 105 cm³/mol. The molecule has 0 fully saturated rings. The van der Waals surface area contributed by atoms with E-state index in [9.17, 15) is 8.42 Å². The van der Waals surface area contributed by atoms with E-state index in [1.807, 2.05) is 38.1 Å². The number of methoxy groups -OCH3 is 1. The first-order valence-electron chi connectivity index (χ1n) is 8.62. The summed E-state index contributed by atoms with van der Waals surface area (Å²) < 4.78 is 35.6. The molecule has 8 nitrogen and oxygen atoms in total. The van der Waals surface area contributed by atoms with Crippen LogP contribution in [0.25, 0.3) is 0 Å². The quantitative estimate of drug-likeness (QED) is 0.297. The van der Waals surface area contributed by atoms with Gasteiger partial charge < -0.3 is 20.1 Å². The van der Waals surface area contributed by atoms with Gasteiger partial charge in [0.15, 0.2) is 17.5 Å². The molecule has 148 valence electrons. The van der Waals surface area contributed by atoms with E-state index in [1.54, 1.807) is 7.11 Å². The van der Waals surface area contributed by atoms with Crippen LogP contribution in [0.3, 0.4) is 0 Å². The summed E-state index contributed by atoms with van der Waals surface area (Å²) in [5.41, 5.74) is 0. The van der Waals surface area contributed by atoms with Gasteiger partial charge in [0.25, 0.3) is 0 Å². The molecule has 9 heteroatoms. The van der Waals surface area contributed by atoms with Gasteiger partial charge in [0, 0.05) is 19.6 Å². The summed E-state index contributed by atoms with van der Waals surface area (Å²) in [6.45, 7) is 6.12. The Morgan fingerprint density at radius 1 is 1.19 bits per heavy atom. The van der Waals surface area contributed by atoms with Crippen LogP contribution in [0, 0.1) is 0 Å². The van der Waals surface area contributed by atoms with Gasteiger partial charge in [-0.25, -0.2) is 18.1 Å². The van der Waals surface area contributed by atoms with Crippen molar-refractivity contribution < 1.29 is 17.9 Å². The molecule has 0 aliphatic carbocycles. The molecule has 1 unspecified atom stereocenters. The van der Waals surface area contributed by atoms with Crippen molar-refractivity contribution in [3.8, 4) is 11.5 Å². The third kappa shape index (κ3) is 9.47. The second-order valence-electron chi connectivity index (χ2n) is 5.75. The molecule has 3 N–H and O–H groups in total. The minimum absolute atomic E-state index is 0.131. The number of sulfonamides is 1. The number of nitrogens with one attached hydrogen (secondary N) is 3. The summed E-state index contributed by atoms with van der Waals surface area (Å²) in [7, 11) is -1.53. The maximum Gasteiger partial charge on any atom is 0.208 e. The summed E-state index contributed by atoms with van der Waals surface area (Å²) in [6, 6.07) is 7.49. The lowest BCUT2D eigenvalue weighted by molar-refractivity contribution is 0.219. The highest BCUT2D eigenvalue weighted by molar-refractivity contribution is 7.88. The molecule has 26 heavy (non-hydrogen) atoms. The summed E-state index contributed by atoms with van der Waals surface area (Å²) >= 11 is 0. The smallest absolute Gasteiger partial charge is 0.208 e. The van der Waals surface area contributed by atoms with Crippen LogP contribution >= 0.6 is 0 Å². The van der Waals surface area contributed by atoms with E-state index in [1.165, 1.54) is 0 Å². The van der Waals surface area contributed by atoms with E-state index < -0.39 is 10.0 Å². The number of hydrogen-bond acceptors (Lipinski definition) is 5. The molecule has 0 saturated carbocycles. The lowest BCUT2D eigenvalue weighted by Gasteiger charge is -2.16. The molecule has 0 aliphatic rings. The third-order valence-corrected chi connectivity index (χ3v) is 3.99. The van der Waals surface area contributed by atoms with Crippen molar-refractivity contribution in [2.75, 3.05) is 39.5 Å². The molecular weight excluding hydrogens is 356 g/mol. The Kier molecular flexibility index (Phi) is 9.82. The van der Waals surface area contributed by atoms with Crippen LogP contribution in [0.2, 0.25) is 0 Å². The number of aliphatic imine (C=N–C) groups is 1. The normalized spacial score (nSPS) is 13.2. The number of hydrogen-bond donors (Lipinski definition) is 3. The van der Waals surface area contributed by atoms with Crippen LogP contribution in [0.15, 0.2) is 29.3 Å². The van der Waals surface area contributed by atoms with Gasteiger partial charge in [-0.05, 0) is 32.4 Å². The van der Waals surface area contributed by atoms with Crippen LogP contribution in [-0.4, -0.2) is 60.0 Å². The number of ether oxygens (including phenoxy) is 2. The van der Waals surface area contributed by atoms with Crippen molar-refractivity contribution in [2.45, 2.75) is 26.4 Å². The number of para-hydroxylation sites is 2. The highest BCUT2D eigenvalue weighted by Gasteiger charge is 2.08. The summed E-state index contributed by atoms with van der Waals surface area (Å²) in [4.78, 5) is 4.50. The second kappa shape index (κ2) is 11.6. The molecule has 0 heterocycles. The molecule has 1 atom stereocenters. The number of rotatable bonds is 11. The molecule has 1 aromatic rings. The van der Waals surface area contributed by atoms with E-state index in [-0.39, 0.29) is 6.10 Å². The molecule has 0 spiro atoms. The molecule has 1 rings (SSSR count). The Balaban J connectivity index is 2.46. The van der Waals surface area contributed by atoms with Crippen molar-refractivity contribution in [1.82, 2.24) is 15.4 Å². The van der Waals surface area contributed by atoms with E-state index >= 15 is 0 Å². The fraction of sp³-hybridized carbons (Fsp3) is 0.588. The Labute approximate surface area is 156 Å². The van der Waals surface area contributed by atoms with Gasteiger partial charge in [0.1, 0.15) is 6.10 Å². The molecule has 0 saturated heterocycles. The Hall–Kier alpha value is -2.00. The van der Waals surface area contributed by atoms with Crippen molar-refractivity contribution in [3.63, 3.8) is 0 Å². The van der Waals surface area contributed by atoms with Crippen molar-refractivity contribution in [3.05, 3.63) is 24.3 Å². The zero-order valence-corrected chi connectivity index (χ0v) is 16.7. The molecule has 1 aromatic carbocycles. The van der Waals surface area contributed by atoms with Crippen LogP contribution in [0.1, 0.15) is 20.3 Å². The highest BCUT2D eigenvalue weighted by Crippen LogP contribution is 2.26. The maximum atomic E-state index is 11.0. The molecule has 0 amide bonds. The predicted octanol–water partition coefficient (Wildman–Crippen LogP) is 0.957. The van der Waals surface area contributed by atoms with Crippen LogP contribution in [0.4, 0.5) is 0 Å². The Morgan fingerprint density at radius 2 is 1.88 bits per heavy atom. The lowest BCUT2D eigenvalue weighted by atomic mass is 10.3. The van der Waals surface area contributed by atoms with Gasteiger partial charge in [-0.1, -0.05) is 12.1 Å². The minimum Gasteiger partial charge on any atom is -0.493 e. The van der Waals surface area contributed by atoms with E-state index in [0.29, 0.717) is 43.5 Å². The van der Waals surface area contributed by atoms with Crippen molar-refractivity contribution >= 4 is 16.0 Å². The monoisotopic (exact) mass is 386 g/mol. The first-order valence-corrected chi connectivity index (χ1v) is 10.5. The van der Waals surface area contributed by atoms with E-state index in [2.05, 4.69) is 20.3 Å². The first-order chi connectivity index (χ1) is 12.4. The minimum atomic E-state index is -3.14. The average molecular weight is 387 g/mol. The van der Waals surface area contributed by atoms with Gasteiger partial charge in [0.05, 0.1) is 19.9 Å². The van der Waals surface area contributed by atoms with Gasteiger partial charge in [0.2, 0.25) is 10.0 Å².